The van der Waals surface area contributed by atoms with Crippen molar-refractivity contribution in [2.24, 2.45) is 5.41 Å². The van der Waals surface area contributed by atoms with Crippen LogP contribution in [0.4, 0.5) is 0 Å². The number of rotatable bonds is 3. The Morgan fingerprint density at radius 2 is 2.25 bits per heavy atom. The monoisotopic (exact) mass is 316 g/mol. The van der Waals surface area contributed by atoms with Crippen molar-refractivity contribution in [1.29, 1.82) is 0 Å². The number of nitrogens with one attached hydrogen (secondary N) is 2. The molecule has 1 heterocycles. The summed E-state index contributed by atoms with van der Waals surface area (Å²) in [5.74, 6) is -0.0475. The highest BCUT2D eigenvalue weighted by atomic mass is 35.5. The molecule has 0 bridgehead atoms. The van der Waals surface area contributed by atoms with Gasteiger partial charge in [-0.2, -0.15) is 0 Å². The van der Waals surface area contributed by atoms with Crippen LogP contribution in [-0.4, -0.2) is 25.5 Å². The van der Waals surface area contributed by atoms with Gasteiger partial charge in [0.1, 0.15) is 0 Å². The van der Waals surface area contributed by atoms with Crippen molar-refractivity contribution < 1.29 is 4.79 Å². The van der Waals surface area contributed by atoms with Crippen LogP contribution in [0.25, 0.3) is 0 Å². The van der Waals surface area contributed by atoms with Gasteiger partial charge in [0.05, 0.1) is 0 Å². The highest BCUT2D eigenvalue weighted by Gasteiger charge is 2.27. The summed E-state index contributed by atoms with van der Waals surface area (Å²) < 4.78 is 0. The summed E-state index contributed by atoms with van der Waals surface area (Å²) in [6.45, 7) is 6.88. The van der Waals surface area contributed by atoms with Crippen LogP contribution in [0.1, 0.15) is 35.7 Å². The predicted molar refractivity (Wildman–Crippen MR) is 86.0 cm³/mol. The maximum absolute atomic E-state index is 12.1. The number of benzene rings is 1. The van der Waals surface area contributed by atoms with E-state index in [0.717, 1.165) is 25.1 Å². The molecule has 0 radical (unpaired) electrons. The molecule has 1 unspecified atom stereocenters. The minimum absolute atomic E-state index is 0. The highest BCUT2D eigenvalue weighted by molar-refractivity contribution is 6.31. The van der Waals surface area contributed by atoms with Gasteiger partial charge in [-0.3, -0.25) is 4.79 Å². The van der Waals surface area contributed by atoms with Gasteiger partial charge in [-0.05, 0) is 49.4 Å². The molecule has 2 N–H and O–H groups in total. The summed E-state index contributed by atoms with van der Waals surface area (Å²) in [5, 5.41) is 7.04. The number of piperidine rings is 1. The summed E-state index contributed by atoms with van der Waals surface area (Å²) in [4.78, 5) is 12.1. The van der Waals surface area contributed by atoms with Crippen LogP contribution >= 0.6 is 24.0 Å². The molecule has 3 nitrogen and oxygen atoms in total. The molecule has 0 spiro atoms. The fraction of sp³-hybridized carbons (Fsp3) is 0.533. The molecule has 1 aliphatic rings. The fourth-order valence-electron chi connectivity index (χ4n) is 2.40. The van der Waals surface area contributed by atoms with Crippen molar-refractivity contribution in [2.75, 3.05) is 19.6 Å². The zero-order valence-electron chi connectivity index (χ0n) is 12.0. The minimum atomic E-state index is -0.0475. The number of carbonyl (C=O) groups is 1. The molecule has 1 aliphatic heterocycles. The molecule has 20 heavy (non-hydrogen) atoms. The standard InChI is InChI=1S/C15H21ClN2O.ClH/c1-11-4-5-12(8-13(11)16)14(19)18-10-15(2)6-3-7-17-9-15;/h4-5,8,17H,3,6-7,9-10H2,1-2H3,(H,18,19);1H. The Hall–Kier alpha value is -0.770. The van der Waals surface area contributed by atoms with Crippen LogP contribution in [0, 0.1) is 12.3 Å². The second-order valence-corrected chi connectivity index (χ2v) is 6.14. The number of aryl methyl sites for hydroxylation is 1. The van der Waals surface area contributed by atoms with E-state index in [-0.39, 0.29) is 23.7 Å². The summed E-state index contributed by atoms with van der Waals surface area (Å²) >= 11 is 6.04. The van der Waals surface area contributed by atoms with Gasteiger partial charge in [-0.1, -0.05) is 24.6 Å². The largest absolute Gasteiger partial charge is 0.351 e. The molecule has 0 saturated carbocycles. The van der Waals surface area contributed by atoms with Gasteiger partial charge in [0.2, 0.25) is 0 Å². The quantitative estimate of drug-likeness (QED) is 0.899. The molecule has 1 aromatic carbocycles. The zero-order valence-corrected chi connectivity index (χ0v) is 13.5. The van der Waals surface area contributed by atoms with Gasteiger partial charge >= 0.3 is 0 Å². The van der Waals surface area contributed by atoms with Crippen LogP contribution < -0.4 is 10.6 Å². The van der Waals surface area contributed by atoms with Crippen LogP contribution in [0.5, 0.6) is 0 Å². The predicted octanol–water partition coefficient (Wildman–Crippen LogP) is 3.19. The minimum Gasteiger partial charge on any atom is -0.351 e. The lowest BCUT2D eigenvalue weighted by Gasteiger charge is -2.34. The molecular formula is C15H22Cl2N2O. The molecule has 1 saturated heterocycles. The second-order valence-electron chi connectivity index (χ2n) is 5.74. The first-order valence-electron chi connectivity index (χ1n) is 6.75. The van der Waals surface area contributed by atoms with Crippen LogP contribution in [0.3, 0.4) is 0 Å². The SMILES string of the molecule is Cc1ccc(C(=O)NCC2(C)CCCNC2)cc1Cl.Cl. The Labute approximate surface area is 131 Å². The van der Waals surface area contributed by atoms with Crippen LogP contribution in [0.2, 0.25) is 5.02 Å². The zero-order chi connectivity index (χ0) is 13.9. The van der Waals surface area contributed by atoms with E-state index in [1.54, 1.807) is 6.07 Å². The topological polar surface area (TPSA) is 41.1 Å². The van der Waals surface area contributed by atoms with Crippen molar-refractivity contribution in [1.82, 2.24) is 10.6 Å². The average Bonchev–Trinajstić information content (AvgIpc) is 2.40. The lowest BCUT2D eigenvalue weighted by Crippen LogP contribution is -2.45. The molecule has 1 atom stereocenters. The first-order chi connectivity index (χ1) is 9.00. The Morgan fingerprint density at radius 3 is 2.85 bits per heavy atom. The fourth-order valence-corrected chi connectivity index (χ4v) is 2.58. The first kappa shape index (κ1) is 17.3. The van der Waals surface area contributed by atoms with Crippen LogP contribution in [0.15, 0.2) is 18.2 Å². The van der Waals surface area contributed by atoms with E-state index in [1.165, 1.54) is 6.42 Å². The average molecular weight is 317 g/mol. The normalized spacial score (nSPS) is 21.9. The molecule has 0 aliphatic carbocycles. The maximum atomic E-state index is 12.1. The maximum Gasteiger partial charge on any atom is 0.251 e. The smallest absolute Gasteiger partial charge is 0.251 e. The van der Waals surface area contributed by atoms with Crippen molar-refractivity contribution >= 4 is 29.9 Å². The van der Waals surface area contributed by atoms with E-state index in [1.807, 2.05) is 19.1 Å². The lowest BCUT2D eigenvalue weighted by atomic mass is 9.83. The van der Waals surface area contributed by atoms with E-state index in [0.29, 0.717) is 17.1 Å². The summed E-state index contributed by atoms with van der Waals surface area (Å²) in [6, 6.07) is 5.42. The highest BCUT2D eigenvalue weighted by Crippen LogP contribution is 2.24. The Morgan fingerprint density at radius 1 is 1.50 bits per heavy atom. The molecule has 1 fully saturated rings. The molecule has 1 aromatic rings. The van der Waals surface area contributed by atoms with Crippen molar-refractivity contribution in [3.8, 4) is 0 Å². The van der Waals surface area contributed by atoms with Gasteiger partial charge in [0, 0.05) is 23.7 Å². The lowest BCUT2D eigenvalue weighted by molar-refractivity contribution is 0.0924. The van der Waals surface area contributed by atoms with Gasteiger partial charge in [0.15, 0.2) is 0 Å². The number of amides is 1. The molecule has 0 aromatic heterocycles. The molecule has 2 rings (SSSR count). The Kier molecular flexibility index (Phi) is 6.31. The number of carbonyl (C=O) groups excluding carboxylic acids is 1. The van der Waals surface area contributed by atoms with E-state index in [2.05, 4.69) is 17.6 Å². The molecule has 1 amide bonds. The summed E-state index contributed by atoms with van der Waals surface area (Å²) in [7, 11) is 0. The number of halogens is 2. The molecular weight excluding hydrogens is 295 g/mol. The Bertz CT molecular complexity index is 471. The second kappa shape index (κ2) is 7.30. The summed E-state index contributed by atoms with van der Waals surface area (Å²) in [6.07, 6.45) is 2.32. The third kappa shape index (κ3) is 4.37. The van der Waals surface area contributed by atoms with Crippen LogP contribution in [-0.2, 0) is 0 Å². The van der Waals surface area contributed by atoms with Crippen molar-refractivity contribution in [3.05, 3.63) is 34.3 Å². The van der Waals surface area contributed by atoms with Crippen molar-refractivity contribution in [2.45, 2.75) is 26.7 Å². The van der Waals surface area contributed by atoms with Gasteiger partial charge in [-0.25, -0.2) is 0 Å². The van der Waals surface area contributed by atoms with E-state index in [9.17, 15) is 4.79 Å². The number of hydrogen-bond acceptors (Lipinski definition) is 2. The summed E-state index contributed by atoms with van der Waals surface area (Å²) in [5.41, 5.74) is 1.77. The Balaban J connectivity index is 0.00000200. The van der Waals surface area contributed by atoms with E-state index >= 15 is 0 Å². The molecule has 5 heteroatoms. The van der Waals surface area contributed by atoms with Gasteiger partial charge in [-0.15, -0.1) is 12.4 Å². The van der Waals surface area contributed by atoms with Crippen molar-refractivity contribution in [3.63, 3.8) is 0 Å². The number of hydrogen-bond donors (Lipinski definition) is 2. The third-order valence-corrected chi connectivity index (χ3v) is 4.20. The first-order valence-corrected chi connectivity index (χ1v) is 7.13. The van der Waals surface area contributed by atoms with Gasteiger partial charge in [0.25, 0.3) is 5.91 Å². The van der Waals surface area contributed by atoms with Gasteiger partial charge < -0.3 is 10.6 Å². The molecule has 112 valence electrons. The van der Waals surface area contributed by atoms with E-state index in [4.69, 9.17) is 11.6 Å². The third-order valence-electron chi connectivity index (χ3n) is 3.80. The van der Waals surface area contributed by atoms with E-state index < -0.39 is 0 Å².